The Morgan fingerprint density at radius 3 is 2.53 bits per heavy atom. The number of rotatable bonds is 3. The summed E-state index contributed by atoms with van der Waals surface area (Å²) < 4.78 is 6.65. The van der Waals surface area contributed by atoms with Gasteiger partial charge in [-0.1, -0.05) is 0 Å². The molecule has 0 aromatic heterocycles. The molecule has 2 rings (SSSR count). The molecule has 2 nitrogen and oxygen atoms in total. The molecule has 0 aliphatic carbocycles. The zero-order chi connectivity index (χ0) is 14.0. The summed E-state index contributed by atoms with van der Waals surface area (Å²) >= 11 is 3.70. The van der Waals surface area contributed by atoms with Crippen molar-refractivity contribution >= 4 is 15.9 Å². The third-order valence-corrected chi connectivity index (χ3v) is 5.39. The second-order valence-electron chi connectivity index (χ2n) is 5.62. The van der Waals surface area contributed by atoms with Crippen molar-refractivity contribution in [2.45, 2.75) is 40.0 Å². The topological polar surface area (TPSA) is 21.3 Å². The summed E-state index contributed by atoms with van der Waals surface area (Å²) in [5.74, 6) is 1.76. The van der Waals surface area contributed by atoms with Crippen LogP contribution in [-0.4, -0.2) is 20.2 Å². The van der Waals surface area contributed by atoms with Gasteiger partial charge in [-0.25, -0.2) is 0 Å². The van der Waals surface area contributed by atoms with E-state index in [4.69, 9.17) is 4.74 Å². The van der Waals surface area contributed by atoms with E-state index in [0.717, 1.165) is 22.7 Å². The second-order valence-corrected chi connectivity index (χ2v) is 6.41. The van der Waals surface area contributed by atoms with Crippen molar-refractivity contribution in [3.05, 3.63) is 26.7 Å². The molecule has 1 unspecified atom stereocenters. The maximum absolute atomic E-state index is 5.52. The predicted molar refractivity (Wildman–Crippen MR) is 84.2 cm³/mol. The molecule has 1 aromatic rings. The summed E-state index contributed by atoms with van der Waals surface area (Å²) in [6.07, 6.45) is 3.82. The summed E-state index contributed by atoms with van der Waals surface area (Å²) in [6.45, 7) is 8.91. The summed E-state index contributed by atoms with van der Waals surface area (Å²) in [5.41, 5.74) is 5.49. The van der Waals surface area contributed by atoms with E-state index in [1.54, 1.807) is 7.11 Å². The molecule has 1 saturated heterocycles. The first-order chi connectivity index (χ1) is 9.06. The molecule has 0 radical (unpaired) electrons. The molecule has 3 heteroatoms. The fraction of sp³-hybridized carbons (Fsp3) is 0.625. The van der Waals surface area contributed by atoms with Gasteiger partial charge in [0.2, 0.25) is 0 Å². The molecule has 106 valence electrons. The molecule has 0 saturated carbocycles. The molecule has 1 atom stereocenters. The van der Waals surface area contributed by atoms with Crippen molar-refractivity contribution in [3.8, 4) is 5.75 Å². The lowest BCUT2D eigenvalue weighted by atomic mass is 9.86. The molecule has 0 amide bonds. The number of piperidine rings is 1. The van der Waals surface area contributed by atoms with Gasteiger partial charge >= 0.3 is 0 Å². The molecule has 0 spiro atoms. The molecular weight excluding hydrogens is 302 g/mol. The molecule has 1 N–H and O–H groups in total. The van der Waals surface area contributed by atoms with Gasteiger partial charge < -0.3 is 10.1 Å². The highest BCUT2D eigenvalue weighted by Crippen LogP contribution is 2.38. The second kappa shape index (κ2) is 6.27. The van der Waals surface area contributed by atoms with Gasteiger partial charge in [0.15, 0.2) is 0 Å². The van der Waals surface area contributed by atoms with Gasteiger partial charge in [-0.05, 0) is 97.2 Å². The number of hydrogen-bond acceptors (Lipinski definition) is 2. The molecular formula is C16H24BrNO. The lowest BCUT2D eigenvalue weighted by molar-refractivity contribution is 0.374. The maximum atomic E-state index is 5.52. The third-order valence-electron chi connectivity index (χ3n) is 4.43. The number of hydrogen-bond donors (Lipinski definition) is 1. The van der Waals surface area contributed by atoms with Gasteiger partial charge in [0, 0.05) is 0 Å². The van der Waals surface area contributed by atoms with Gasteiger partial charge in [0.1, 0.15) is 5.75 Å². The number of halogens is 1. The van der Waals surface area contributed by atoms with E-state index in [-0.39, 0.29) is 0 Å². The first-order valence-electron chi connectivity index (χ1n) is 7.09. The van der Waals surface area contributed by atoms with Crippen LogP contribution in [-0.2, 0) is 6.42 Å². The number of nitrogens with one attached hydrogen (secondary N) is 1. The van der Waals surface area contributed by atoms with E-state index < -0.39 is 0 Å². The monoisotopic (exact) mass is 325 g/mol. The van der Waals surface area contributed by atoms with Crippen LogP contribution in [0.1, 0.15) is 35.1 Å². The first kappa shape index (κ1) is 14.9. The van der Waals surface area contributed by atoms with E-state index in [1.165, 1.54) is 48.1 Å². The number of methoxy groups -OCH3 is 1. The van der Waals surface area contributed by atoms with E-state index in [0.29, 0.717) is 0 Å². The number of ether oxygens (including phenoxy) is 1. The Bertz CT molecular complexity index is 435. The minimum Gasteiger partial charge on any atom is -0.495 e. The third kappa shape index (κ3) is 2.97. The fourth-order valence-corrected chi connectivity index (χ4v) is 3.78. The Labute approximate surface area is 125 Å². The predicted octanol–water partition coefficient (Wildman–Crippen LogP) is 3.93. The smallest absolute Gasteiger partial charge is 0.136 e. The average Bonchev–Trinajstić information content (AvgIpc) is 2.43. The Hall–Kier alpha value is -0.540. The maximum Gasteiger partial charge on any atom is 0.136 e. The van der Waals surface area contributed by atoms with Crippen LogP contribution in [0.4, 0.5) is 0 Å². The van der Waals surface area contributed by atoms with Crippen LogP contribution in [0.5, 0.6) is 5.75 Å². The van der Waals surface area contributed by atoms with Crippen LogP contribution in [0.25, 0.3) is 0 Å². The van der Waals surface area contributed by atoms with Crippen molar-refractivity contribution in [1.29, 1.82) is 0 Å². The minimum absolute atomic E-state index is 0.769. The first-order valence-corrected chi connectivity index (χ1v) is 7.88. The lowest BCUT2D eigenvalue weighted by Gasteiger charge is -2.26. The molecule has 1 aliphatic heterocycles. The van der Waals surface area contributed by atoms with E-state index in [9.17, 15) is 0 Å². The normalized spacial score (nSPS) is 19.5. The summed E-state index contributed by atoms with van der Waals surface area (Å²) in [7, 11) is 1.75. The Morgan fingerprint density at radius 1 is 1.21 bits per heavy atom. The standard InChI is InChI=1S/C16H24BrNO/c1-10-11(2)16(19-4)15(17)12(3)14(10)8-13-6-5-7-18-9-13/h13,18H,5-9H2,1-4H3. The Morgan fingerprint density at radius 2 is 1.95 bits per heavy atom. The quantitative estimate of drug-likeness (QED) is 0.909. The molecule has 1 aromatic carbocycles. The van der Waals surface area contributed by atoms with Gasteiger partial charge in [0.25, 0.3) is 0 Å². The van der Waals surface area contributed by atoms with Gasteiger partial charge in [-0.3, -0.25) is 0 Å². The zero-order valence-electron chi connectivity index (χ0n) is 12.4. The van der Waals surface area contributed by atoms with Crippen LogP contribution in [0.3, 0.4) is 0 Å². The summed E-state index contributed by atoms with van der Waals surface area (Å²) in [6, 6.07) is 0. The van der Waals surface area contributed by atoms with Crippen molar-refractivity contribution in [1.82, 2.24) is 5.32 Å². The van der Waals surface area contributed by atoms with Crippen LogP contribution in [0, 0.1) is 26.7 Å². The van der Waals surface area contributed by atoms with Crippen molar-refractivity contribution in [2.24, 2.45) is 5.92 Å². The summed E-state index contributed by atoms with van der Waals surface area (Å²) in [4.78, 5) is 0. The molecule has 1 aliphatic rings. The van der Waals surface area contributed by atoms with E-state index in [1.807, 2.05) is 0 Å². The van der Waals surface area contributed by atoms with Crippen molar-refractivity contribution in [3.63, 3.8) is 0 Å². The fourth-order valence-electron chi connectivity index (χ4n) is 3.08. The van der Waals surface area contributed by atoms with Crippen molar-refractivity contribution < 1.29 is 4.74 Å². The highest BCUT2D eigenvalue weighted by Gasteiger charge is 2.20. The highest BCUT2D eigenvalue weighted by atomic mass is 79.9. The van der Waals surface area contributed by atoms with Crippen LogP contribution >= 0.6 is 15.9 Å². The molecule has 0 bridgehead atoms. The lowest BCUT2D eigenvalue weighted by Crippen LogP contribution is -2.31. The van der Waals surface area contributed by atoms with E-state index >= 15 is 0 Å². The molecule has 19 heavy (non-hydrogen) atoms. The van der Waals surface area contributed by atoms with Crippen molar-refractivity contribution in [2.75, 3.05) is 20.2 Å². The number of benzene rings is 1. The SMILES string of the molecule is COc1c(C)c(C)c(CC2CCCNC2)c(C)c1Br. The van der Waals surface area contributed by atoms with Crippen LogP contribution in [0.2, 0.25) is 0 Å². The van der Waals surface area contributed by atoms with Crippen LogP contribution < -0.4 is 10.1 Å². The largest absolute Gasteiger partial charge is 0.495 e. The van der Waals surface area contributed by atoms with E-state index in [2.05, 4.69) is 42.0 Å². The average molecular weight is 326 g/mol. The van der Waals surface area contributed by atoms with Gasteiger partial charge in [0.05, 0.1) is 11.6 Å². The van der Waals surface area contributed by atoms with Gasteiger partial charge in [-0.15, -0.1) is 0 Å². The molecule has 1 fully saturated rings. The summed E-state index contributed by atoms with van der Waals surface area (Å²) in [5, 5.41) is 3.51. The van der Waals surface area contributed by atoms with Gasteiger partial charge in [-0.2, -0.15) is 0 Å². The molecule has 1 heterocycles. The highest BCUT2D eigenvalue weighted by molar-refractivity contribution is 9.10. The minimum atomic E-state index is 0.769. The Balaban J connectivity index is 2.34. The Kier molecular flexibility index (Phi) is 4.91. The van der Waals surface area contributed by atoms with Crippen LogP contribution in [0.15, 0.2) is 4.47 Å². The zero-order valence-corrected chi connectivity index (χ0v) is 14.0.